The quantitative estimate of drug-likeness (QED) is 0.166. The van der Waals surface area contributed by atoms with Gasteiger partial charge < -0.3 is 4.90 Å². The molecule has 0 spiro atoms. The fourth-order valence-corrected chi connectivity index (χ4v) is 8.76. The molecule has 0 aliphatic carbocycles. The Kier molecular flexibility index (Phi) is 7.25. The number of hydrogen-bond donors (Lipinski definition) is 0. The monoisotopic (exact) mass is 697 g/mol. The van der Waals surface area contributed by atoms with Gasteiger partial charge in [0.25, 0.3) is 0 Å². The third-order valence-electron chi connectivity index (χ3n) is 11.4. The largest absolute Gasteiger partial charge is 0.309 e. The molecule has 1 heterocycles. The van der Waals surface area contributed by atoms with Gasteiger partial charge in [-0.3, -0.25) is 0 Å². The first-order valence-corrected chi connectivity index (χ1v) is 19.0. The predicted molar refractivity (Wildman–Crippen MR) is 234 cm³/mol. The van der Waals surface area contributed by atoms with Crippen LogP contribution in [0.2, 0.25) is 0 Å². The van der Waals surface area contributed by atoms with Gasteiger partial charge in [-0.25, -0.2) is 0 Å². The molecule has 0 atom stereocenters. The highest BCUT2D eigenvalue weighted by Gasteiger charge is 2.27. The first-order chi connectivity index (χ1) is 27.3. The normalized spacial score (nSPS) is 12.0. The molecule has 1 nitrogen and oxygen atoms in total. The van der Waals surface area contributed by atoms with E-state index in [9.17, 15) is 0 Å². The Bertz CT molecular complexity index is 3030. The van der Waals surface area contributed by atoms with Gasteiger partial charge in [0.15, 0.2) is 0 Å². The van der Waals surface area contributed by atoms with Crippen LogP contribution in [0.5, 0.6) is 0 Å². The number of para-hydroxylation sites is 2. The molecule has 0 unspecified atom stereocenters. The van der Waals surface area contributed by atoms with E-state index in [1.807, 2.05) is 0 Å². The summed E-state index contributed by atoms with van der Waals surface area (Å²) in [6, 6.07) is 77.9. The lowest BCUT2D eigenvalue weighted by atomic mass is 9.89. The first-order valence-electron chi connectivity index (χ1n) is 19.0. The first kappa shape index (κ1) is 31.3. The van der Waals surface area contributed by atoms with Gasteiger partial charge in [0, 0.05) is 16.8 Å². The average Bonchev–Trinajstić information content (AvgIpc) is 3.39. The minimum Gasteiger partial charge on any atom is -0.309 e. The second kappa shape index (κ2) is 12.7. The Morgan fingerprint density at radius 2 is 0.655 bits per heavy atom. The third-order valence-corrected chi connectivity index (χ3v) is 11.4. The number of rotatable bonds is 4. The minimum atomic E-state index is 1.14. The van der Waals surface area contributed by atoms with Crippen LogP contribution in [0.25, 0.3) is 88.0 Å². The zero-order valence-corrected chi connectivity index (χ0v) is 30.2. The third kappa shape index (κ3) is 5.16. The lowest BCUT2D eigenvalue weighted by molar-refractivity contribution is 1.29. The molecule has 0 fully saturated rings. The standard InChI is InChI=1S/C54H35N/c1-3-13-36(14-4-1)37-23-25-38(26-24-37)39-27-31-48-51(33-39)49-21-11-12-22-53(49)55(42-15-5-2-6-16-42)54-32-29-41(35-52(48)54)40-28-30-47-45-19-8-7-17-43(45)44-18-9-10-20-46(44)50(47)34-40/h1-35H. The average molecular weight is 698 g/mol. The molecule has 1 aliphatic rings. The number of nitrogens with zero attached hydrogens (tertiary/aromatic N) is 1. The van der Waals surface area contributed by atoms with Gasteiger partial charge in [0.1, 0.15) is 0 Å². The Labute approximate surface area is 321 Å². The topological polar surface area (TPSA) is 3.24 Å². The number of fused-ring (bicyclic) bond motifs is 11. The van der Waals surface area contributed by atoms with Gasteiger partial charge >= 0.3 is 0 Å². The highest BCUT2D eigenvalue weighted by molar-refractivity contribution is 6.25. The SMILES string of the molecule is c1ccc(-c2ccc(-c3ccc4c(c3)-c3ccccc3N(c3ccccc3)c3ccc(-c5ccc6c7ccccc7c7ccccc7c6c5)cc3-4)cc2)cc1. The van der Waals surface area contributed by atoms with Crippen LogP contribution < -0.4 is 4.90 Å². The zero-order chi connectivity index (χ0) is 36.3. The summed E-state index contributed by atoms with van der Waals surface area (Å²) in [5, 5.41) is 7.73. The van der Waals surface area contributed by atoms with E-state index in [0.717, 1.165) is 5.69 Å². The van der Waals surface area contributed by atoms with Crippen LogP contribution in [0.3, 0.4) is 0 Å². The molecule has 1 heteroatoms. The van der Waals surface area contributed by atoms with E-state index in [2.05, 4.69) is 217 Å². The minimum absolute atomic E-state index is 1.14. The van der Waals surface area contributed by atoms with Gasteiger partial charge in [-0.2, -0.15) is 0 Å². The lowest BCUT2D eigenvalue weighted by Gasteiger charge is -2.27. The molecule has 10 aromatic rings. The molecule has 10 aromatic carbocycles. The molecule has 0 saturated heterocycles. The van der Waals surface area contributed by atoms with E-state index >= 15 is 0 Å². The van der Waals surface area contributed by atoms with E-state index in [1.165, 1.54) is 99.3 Å². The Morgan fingerprint density at radius 1 is 0.218 bits per heavy atom. The van der Waals surface area contributed by atoms with Crippen molar-refractivity contribution in [2.75, 3.05) is 4.90 Å². The van der Waals surface area contributed by atoms with Crippen molar-refractivity contribution in [1.82, 2.24) is 0 Å². The fraction of sp³-hybridized carbons (Fsp3) is 0. The molecule has 55 heavy (non-hydrogen) atoms. The summed E-state index contributed by atoms with van der Waals surface area (Å²) in [6.45, 7) is 0. The molecular weight excluding hydrogens is 663 g/mol. The van der Waals surface area contributed by atoms with Crippen molar-refractivity contribution in [2.24, 2.45) is 0 Å². The summed E-state index contributed by atoms with van der Waals surface area (Å²) < 4.78 is 0. The van der Waals surface area contributed by atoms with Crippen LogP contribution in [0.4, 0.5) is 17.1 Å². The van der Waals surface area contributed by atoms with Crippen molar-refractivity contribution in [3.05, 3.63) is 212 Å². The van der Waals surface area contributed by atoms with Crippen LogP contribution in [0.15, 0.2) is 212 Å². The fourth-order valence-electron chi connectivity index (χ4n) is 8.76. The molecule has 0 bridgehead atoms. The maximum absolute atomic E-state index is 2.43. The van der Waals surface area contributed by atoms with Crippen molar-refractivity contribution < 1.29 is 0 Å². The lowest BCUT2D eigenvalue weighted by Crippen LogP contribution is -2.10. The Hall–Kier alpha value is -7.22. The molecule has 256 valence electrons. The Balaban J connectivity index is 1.12. The molecule has 11 rings (SSSR count). The van der Waals surface area contributed by atoms with Crippen molar-refractivity contribution in [1.29, 1.82) is 0 Å². The van der Waals surface area contributed by atoms with Gasteiger partial charge in [-0.1, -0.05) is 170 Å². The molecule has 0 saturated carbocycles. The van der Waals surface area contributed by atoms with E-state index in [0.29, 0.717) is 0 Å². The predicted octanol–water partition coefficient (Wildman–Crippen LogP) is 15.3. The molecule has 0 N–H and O–H groups in total. The van der Waals surface area contributed by atoms with Crippen LogP contribution in [-0.4, -0.2) is 0 Å². The van der Waals surface area contributed by atoms with Crippen LogP contribution in [0.1, 0.15) is 0 Å². The molecular formula is C54H35N. The van der Waals surface area contributed by atoms with Gasteiger partial charge in [-0.05, 0) is 119 Å². The van der Waals surface area contributed by atoms with E-state index in [1.54, 1.807) is 0 Å². The maximum Gasteiger partial charge on any atom is 0.0540 e. The van der Waals surface area contributed by atoms with Gasteiger partial charge in [0.2, 0.25) is 0 Å². The summed E-state index contributed by atoms with van der Waals surface area (Å²) in [7, 11) is 0. The summed E-state index contributed by atoms with van der Waals surface area (Å²) in [5.74, 6) is 0. The van der Waals surface area contributed by atoms with Gasteiger partial charge in [-0.15, -0.1) is 0 Å². The maximum atomic E-state index is 2.43. The summed E-state index contributed by atoms with van der Waals surface area (Å²) in [5.41, 5.74) is 15.6. The molecule has 0 aromatic heterocycles. The smallest absolute Gasteiger partial charge is 0.0540 e. The second-order valence-electron chi connectivity index (χ2n) is 14.5. The zero-order valence-electron chi connectivity index (χ0n) is 30.2. The van der Waals surface area contributed by atoms with E-state index in [-0.39, 0.29) is 0 Å². The second-order valence-corrected chi connectivity index (χ2v) is 14.5. The number of anilines is 3. The summed E-state index contributed by atoms with van der Waals surface area (Å²) in [4.78, 5) is 2.43. The van der Waals surface area contributed by atoms with E-state index < -0.39 is 0 Å². The highest BCUT2D eigenvalue weighted by Crippen LogP contribution is 2.52. The molecule has 0 amide bonds. The Morgan fingerprint density at radius 3 is 1.36 bits per heavy atom. The molecule has 0 radical (unpaired) electrons. The highest BCUT2D eigenvalue weighted by atomic mass is 15.1. The van der Waals surface area contributed by atoms with Crippen molar-refractivity contribution in [3.63, 3.8) is 0 Å². The van der Waals surface area contributed by atoms with Gasteiger partial charge in [0.05, 0.1) is 11.4 Å². The number of hydrogen-bond acceptors (Lipinski definition) is 1. The van der Waals surface area contributed by atoms with Crippen LogP contribution in [-0.2, 0) is 0 Å². The van der Waals surface area contributed by atoms with Crippen LogP contribution >= 0.6 is 0 Å². The van der Waals surface area contributed by atoms with E-state index in [4.69, 9.17) is 0 Å². The number of benzene rings is 10. The summed E-state index contributed by atoms with van der Waals surface area (Å²) in [6.07, 6.45) is 0. The van der Waals surface area contributed by atoms with Crippen molar-refractivity contribution >= 4 is 49.4 Å². The van der Waals surface area contributed by atoms with Crippen molar-refractivity contribution in [2.45, 2.75) is 0 Å². The molecule has 1 aliphatic heterocycles. The van der Waals surface area contributed by atoms with Crippen LogP contribution in [0, 0.1) is 0 Å². The van der Waals surface area contributed by atoms with Crippen molar-refractivity contribution in [3.8, 4) is 55.6 Å². The summed E-state index contributed by atoms with van der Waals surface area (Å²) >= 11 is 0.